The van der Waals surface area contributed by atoms with Gasteiger partial charge in [-0.2, -0.15) is 0 Å². The third kappa shape index (κ3) is 3.29. The van der Waals surface area contributed by atoms with Crippen LogP contribution >= 0.6 is 0 Å². The van der Waals surface area contributed by atoms with E-state index in [1.54, 1.807) is 0 Å². The van der Waals surface area contributed by atoms with Gasteiger partial charge in [0.05, 0.1) is 0 Å². The Balaban J connectivity index is 1.17. The van der Waals surface area contributed by atoms with Crippen LogP contribution in [0.25, 0.3) is 0 Å². The maximum atomic E-state index is 12.6. The van der Waals surface area contributed by atoms with Gasteiger partial charge in [0.15, 0.2) is 6.61 Å². The summed E-state index contributed by atoms with van der Waals surface area (Å²) in [4.78, 5) is 24.0. The van der Waals surface area contributed by atoms with E-state index in [9.17, 15) is 9.59 Å². The lowest BCUT2D eigenvalue weighted by molar-refractivity contribution is -0.127. The summed E-state index contributed by atoms with van der Waals surface area (Å²) in [6.45, 7) is 2.24. The molecule has 1 aromatic rings. The molecule has 4 saturated carbocycles. The molecule has 0 aromatic heterocycles. The molecular formula is C23H30N2O3. The van der Waals surface area contributed by atoms with Gasteiger partial charge in [0.2, 0.25) is 5.91 Å². The summed E-state index contributed by atoms with van der Waals surface area (Å²) in [6.07, 6.45) is 9.34. The number of hydrogen-bond donors (Lipinski definition) is 2. The number of nitrogens with one attached hydrogen (secondary N) is 2. The average molecular weight is 383 g/mol. The van der Waals surface area contributed by atoms with Gasteiger partial charge in [-0.15, -0.1) is 0 Å². The standard InChI is InChI=1S/C23H30N2O3/c1-14(23-10-15-6-16(11-23)8-17(7-15)12-23)24-22(27)13-28-19-3-4-20-18(9-19)2-5-21(26)25-20/h3-4,9,14-17H,2,5-8,10-13H2,1H3,(H,24,27)(H,25,26). The van der Waals surface area contributed by atoms with Gasteiger partial charge in [-0.1, -0.05) is 0 Å². The summed E-state index contributed by atoms with van der Waals surface area (Å²) >= 11 is 0. The highest BCUT2D eigenvalue weighted by molar-refractivity contribution is 5.94. The normalized spacial score (nSPS) is 33.8. The SMILES string of the molecule is CC(NC(=O)COc1ccc2c(c1)CCC(=O)N2)C12CC3CC(CC(C3)C1)C2. The summed E-state index contributed by atoms with van der Waals surface area (Å²) in [5.41, 5.74) is 2.23. The second-order valence-electron chi connectivity index (χ2n) is 9.72. The van der Waals surface area contributed by atoms with Gasteiger partial charge in [0, 0.05) is 18.2 Å². The molecule has 4 fully saturated rings. The van der Waals surface area contributed by atoms with Crippen LogP contribution in [-0.4, -0.2) is 24.5 Å². The summed E-state index contributed by atoms with van der Waals surface area (Å²) in [7, 11) is 0. The lowest BCUT2D eigenvalue weighted by atomic mass is 9.48. The second-order valence-corrected chi connectivity index (χ2v) is 9.72. The average Bonchev–Trinajstić information content (AvgIpc) is 2.65. The lowest BCUT2D eigenvalue weighted by Crippen LogP contribution is -2.56. The van der Waals surface area contributed by atoms with Crippen LogP contribution in [0, 0.1) is 23.2 Å². The first-order chi connectivity index (χ1) is 13.5. The number of amides is 2. The number of carbonyl (C=O) groups is 2. The minimum absolute atomic E-state index is 0.0331. The zero-order chi connectivity index (χ0) is 19.3. The Morgan fingerprint density at radius 1 is 1.18 bits per heavy atom. The molecule has 0 radical (unpaired) electrons. The first-order valence-electron chi connectivity index (χ1n) is 10.8. The molecule has 150 valence electrons. The number of ether oxygens (including phenoxy) is 1. The van der Waals surface area contributed by atoms with Crippen LogP contribution in [0.15, 0.2) is 18.2 Å². The maximum Gasteiger partial charge on any atom is 0.258 e. The smallest absolute Gasteiger partial charge is 0.258 e. The summed E-state index contributed by atoms with van der Waals surface area (Å²) < 4.78 is 5.76. The monoisotopic (exact) mass is 382 g/mol. The van der Waals surface area contributed by atoms with Gasteiger partial charge in [0.1, 0.15) is 5.75 Å². The number of hydrogen-bond acceptors (Lipinski definition) is 3. The summed E-state index contributed by atoms with van der Waals surface area (Å²) in [6, 6.07) is 5.83. The fourth-order valence-electron chi connectivity index (χ4n) is 6.74. The van der Waals surface area contributed by atoms with E-state index in [0.717, 1.165) is 29.0 Å². The van der Waals surface area contributed by atoms with Gasteiger partial charge < -0.3 is 15.4 Å². The van der Waals surface area contributed by atoms with Crippen molar-refractivity contribution in [1.82, 2.24) is 5.32 Å². The third-order valence-electron chi connectivity index (χ3n) is 7.72. The Morgan fingerprint density at radius 3 is 2.54 bits per heavy atom. The van der Waals surface area contributed by atoms with Gasteiger partial charge in [0.25, 0.3) is 5.91 Å². The van der Waals surface area contributed by atoms with Crippen molar-refractivity contribution in [3.63, 3.8) is 0 Å². The van der Waals surface area contributed by atoms with Crippen LogP contribution in [-0.2, 0) is 16.0 Å². The molecule has 1 unspecified atom stereocenters. The molecule has 5 heteroatoms. The Hall–Kier alpha value is -2.04. The van der Waals surface area contributed by atoms with E-state index < -0.39 is 0 Å². The van der Waals surface area contributed by atoms with Crippen LogP contribution in [0.5, 0.6) is 5.75 Å². The molecule has 0 saturated heterocycles. The van der Waals surface area contributed by atoms with Crippen molar-refractivity contribution in [2.24, 2.45) is 23.2 Å². The van der Waals surface area contributed by atoms with E-state index >= 15 is 0 Å². The predicted octanol–water partition coefficient (Wildman–Crippen LogP) is 3.67. The van der Waals surface area contributed by atoms with Gasteiger partial charge in [-0.3, -0.25) is 9.59 Å². The number of aryl methyl sites for hydroxylation is 1. The molecule has 4 aliphatic carbocycles. The highest BCUT2D eigenvalue weighted by Gasteiger charge is 2.53. The second kappa shape index (κ2) is 6.78. The molecule has 2 amide bonds. The summed E-state index contributed by atoms with van der Waals surface area (Å²) in [5, 5.41) is 6.12. The topological polar surface area (TPSA) is 67.4 Å². The lowest BCUT2D eigenvalue weighted by Gasteiger charge is -2.59. The fraction of sp³-hybridized carbons (Fsp3) is 0.652. The van der Waals surface area contributed by atoms with Crippen LogP contribution in [0.1, 0.15) is 57.4 Å². The Bertz CT molecular complexity index is 768. The van der Waals surface area contributed by atoms with E-state index in [4.69, 9.17) is 4.74 Å². The maximum absolute atomic E-state index is 12.6. The minimum atomic E-state index is -0.0331. The molecule has 1 atom stereocenters. The molecule has 1 aromatic carbocycles. The largest absolute Gasteiger partial charge is 0.484 e. The first kappa shape index (κ1) is 18.0. The van der Waals surface area contributed by atoms with Crippen molar-refractivity contribution in [2.75, 3.05) is 11.9 Å². The predicted molar refractivity (Wildman–Crippen MR) is 107 cm³/mol. The van der Waals surface area contributed by atoms with Crippen molar-refractivity contribution in [3.05, 3.63) is 23.8 Å². The molecule has 6 rings (SSSR count). The zero-order valence-electron chi connectivity index (χ0n) is 16.6. The van der Waals surface area contributed by atoms with E-state index in [2.05, 4.69) is 17.6 Å². The number of anilines is 1. The number of benzene rings is 1. The summed E-state index contributed by atoms with van der Waals surface area (Å²) in [5.74, 6) is 3.37. The first-order valence-corrected chi connectivity index (χ1v) is 10.8. The van der Waals surface area contributed by atoms with E-state index in [0.29, 0.717) is 24.0 Å². The zero-order valence-corrected chi connectivity index (χ0v) is 16.6. The van der Waals surface area contributed by atoms with E-state index in [1.807, 2.05) is 18.2 Å². The third-order valence-corrected chi connectivity index (χ3v) is 7.72. The van der Waals surface area contributed by atoms with Gasteiger partial charge in [-0.05, 0) is 98.8 Å². The van der Waals surface area contributed by atoms with Crippen molar-refractivity contribution in [2.45, 2.75) is 64.3 Å². The Labute approximate surface area is 166 Å². The van der Waals surface area contributed by atoms with Crippen molar-refractivity contribution >= 4 is 17.5 Å². The van der Waals surface area contributed by atoms with Crippen LogP contribution in [0.2, 0.25) is 0 Å². The molecule has 1 heterocycles. The Kier molecular flexibility index (Phi) is 4.37. The van der Waals surface area contributed by atoms with Crippen LogP contribution in [0.3, 0.4) is 0 Å². The number of carbonyl (C=O) groups excluding carboxylic acids is 2. The van der Waals surface area contributed by atoms with Crippen LogP contribution < -0.4 is 15.4 Å². The molecule has 0 spiro atoms. The minimum Gasteiger partial charge on any atom is -0.484 e. The van der Waals surface area contributed by atoms with Crippen LogP contribution in [0.4, 0.5) is 5.69 Å². The Morgan fingerprint density at radius 2 is 1.86 bits per heavy atom. The molecule has 1 aliphatic heterocycles. The highest BCUT2D eigenvalue weighted by Crippen LogP contribution is 2.61. The van der Waals surface area contributed by atoms with Crippen molar-refractivity contribution < 1.29 is 14.3 Å². The van der Waals surface area contributed by atoms with E-state index in [1.165, 1.54) is 38.5 Å². The molecule has 28 heavy (non-hydrogen) atoms. The quantitative estimate of drug-likeness (QED) is 0.816. The molecule has 2 N–H and O–H groups in total. The van der Waals surface area contributed by atoms with Gasteiger partial charge in [-0.25, -0.2) is 0 Å². The molecule has 4 bridgehead atoms. The van der Waals surface area contributed by atoms with Gasteiger partial charge >= 0.3 is 0 Å². The number of rotatable bonds is 5. The molecular weight excluding hydrogens is 352 g/mol. The number of fused-ring (bicyclic) bond motifs is 1. The highest BCUT2D eigenvalue weighted by atomic mass is 16.5. The molecule has 5 aliphatic rings. The van der Waals surface area contributed by atoms with E-state index in [-0.39, 0.29) is 24.5 Å². The molecule has 5 nitrogen and oxygen atoms in total. The fourth-order valence-corrected chi connectivity index (χ4v) is 6.74. The van der Waals surface area contributed by atoms with Crippen molar-refractivity contribution in [1.29, 1.82) is 0 Å². The van der Waals surface area contributed by atoms with Crippen molar-refractivity contribution in [3.8, 4) is 5.75 Å².